The number of benzene rings is 1. The highest BCUT2D eigenvalue weighted by Crippen LogP contribution is 2.60. The monoisotopic (exact) mass is 315 g/mol. The lowest BCUT2D eigenvalue weighted by Gasteiger charge is -2.55. The van der Waals surface area contributed by atoms with Crippen molar-refractivity contribution in [2.75, 3.05) is 18.5 Å². The van der Waals surface area contributed by atoms with Crippen LogP contribution in [0.4, 0.5) is 5.69 Å². The zero-order valence-electron chi connectivity index (χ0n) is 13.5. The average molecular weight is 315 g/mol. The smallest absolute Gasteiger partial charge is 0.230 e. The maximum Gasteiger partial charge on any atom is 0.230 e. The molecule has 0 spiro atoms. The molecular formula is C19H25NO3. The Morgan fingerprint density at radius 3 is 2.17 bits per heavy atom. The Balaban J connectivity index is 1.43. The van der Waals surface area contributed by atoms with Crippen LogP contribution < -0.4 is 10.1 Å². The number of nitrogens with one attached hydrogen (secondary N) is 1. The van der Waals surface area contributed by atoms with Crippen molar-refractivity contribution in [2.45, 2.75) is 38.5 Å². The molecular weight excluding hydrogens is 290 g/mol. The molecule has 4 bridgehead atoms. The molecule has 2 N–H and O–H groups in total. The highest BCUT2D eigenvalue weighted by atomic mass is 16.5. The van der Waals surface area contributed by atoms with Crippen molar-refractivity contribution in [2.24, 2.45) is 23.2 Å². The highest BCUT2D eigenvalue weighted by molar-refractivity contribution is 5.95. The molecule has 4 aliphatic rings. The standard InChI is InChI=1S/C19H25NO3/c21-5-6-23-17-3-1-16(2-4-17)20-18(22)19-10-13-7-14(11-19)9-15(8-13)12-19/h1-4,13-15,21H,5-12H2,(H,20,22). The van der Waals surface area contributed by atoms with E-state index in [0.717, 1.165) is 42.7 Å². The summed E-state index contributed by atoms with van der Waals surface area (Å²) in [5, 5.41) is 11.9. The van der Waals surface area contributed by atoms with E-state index in [-0.39, 0.29) is 17.9 Å². The van der Waals surface area contributed by atoms with E-state index in [1.807, 2.05) is 24.3 Å². The molecule has 4 aliphatic carbocycles. The van der Waals surface area contributed by atoms with Crippen LogP contribution in [0.2, 0.25) is 0 Å². The molecule has 0 aromatic heterocycles. The fourth-order valence-corrected chi connectivity index (χ4v) is 5.45. The highest BCUT2D eigenvalue weighted by Gasteiger charge is 2.54. The third kappa shape index (κ3) is 2.85. The molecule has 0 heterocycles. The number of hydrogen-bond donors (Lipinski definition) is 2. The topological polar surface area (TPSA) is 58.6 Å². The summed E-state index contributed by atoms with van der Waals surface area (Å²) in [5.41, 5.74) is 0.725. The van der Waals surface area contributed by atoms with Gasteiger partial charge in [-0.15, -0.1) is 0 Å². The molecule has 1 aromatic carbocycles. The first-order chi connectivity index (χ1) is 11.2. The van der Waals surface area contributed by atoms with Crippen molar-refractivity contribution in [1.82, 2.24) is 0 Å². The number of rotatable bonds is 5. The van der Waals surface area contributed by atoms with Gasteiger partial charge in [-0.2, -0.15) is 0 Å². The van der Waals surface area contributed by atoms with E-state index in [4.69, 9.17) is 9.84 Å². The van der Waals surface area contributed by atoms with Gasteiger partial charge in [0.05, 0.1) is 12.0 Å². The van der Waals surface area contributed by atoms with Crippen molar-refractivity contribution in [1.29, 1.82) is 0 Å². The van der Waals surface area contributed by atoms with E-state index >= 15 is 0 Å². The minimum Gasteiger partial charge on any atom is -0.491 e. The van der Waals surface area contributed by atoms with Gasteiger partial charge >= 0.3 is 0 Å². The predicted octanol–water partition coefficient (Wildman–Crippen LogP) is 3.21. The van der Waals surface area contributed by atoms with Gasteiger partial charge in [-0.05, 0) is 80.5 Å². The molecule has 1 aromatic rings. The van der Waals surface area contributed by atoms with E-state index in [1.165, 1.54) is 19.3 Å². The van der Waals surface area contributed by atoms with E-state index in [1.54, 1.807) is 0 Å². The van der Waals surface area contributed by atoms with Crippen LogP contribution in [0.3, 0.4) is 0 Å². The minimum atomic E-state index is -0.110. The van der Waals surface area contributed by atoms with Crippen LogP contribution in [0.1, 0.15) is 38.5 Å². The number of ether oxygens (including phenoxy) is 1. The lowest BCUT2D eigenvalue weighted by Crippen LogP contribution is -2.51. The van der Waals surface area contributed by atoms with Gasteiger partial charge in [-0.3, -0.25) is 4.79 Å². The number of aliphatic hydroxyl groups excluding tert-OH is 1. The molecule has 23 heavy (non-hydrogen) atoms. The summed E-state index contributed by atoms with van der Waals surface area (Å²) in [7, 11) is 0. The van der Waals surface area contributed by atoms with Crippen LogP contribution in [0, 0.1) is 23.2 Å². The van der Waals surface area contributed by atoms with Crippen LogP contribution in [-0.2, 0) is 4.79 Å². The zero-order chi connectivity index (χ0) is 15.9. The quantitative estimate of drug-likeness (QED) is 0.877. The van der Waals surface area contributed by atoms with Gasteiger partial charge in [-0.25, -0.2) is 0 Å². The maximum absolute atomic E-state index is 12.9. The Morgan fingerprint density at radius 2 is 1.65 bits per heavy atom. The molecule has 4 saturated carbocycles. The summed E-state index contributed by atoms with van der Waals surface area (Å²) >= 11 is 0. The van der Waals surface area contributed by atoms with Crippen molar-refractivity contribution in [3.8, 4) is 5.75 Å². The van der Waals surface area contributed by atoms with Crippen molar-refractivity contribution in [3.05, 3.63) is 24.3 Å². The Labute approximate surface area is 137 Å². The Hall–Kier alpha value is -1.55. The van der Waals surface area contributed by atoms with E-state index in [9.17, 15) is 4.79 Å². The summed E-state index contributed by atoms with van der Waals surface area (Å²) in [5.74, 6) is 3.27. The molecule has 124 valence electrons. The summed E-state index contributed by atoms with van der Waals surface area (Å²) in [6.07, 6.45) is 7.31. The van der Waals surface area contributed by atoms with Gasteiger partial charge in [0.2, 0.25) is 5.91 Å². The second-order valence-electron chi connectivity index (χ2n) is 7.75. The number of carbonyl (C=O) groups is 1. The normalized spacial score (nSPS) is 34.4. The average Bonchev–Trinajstić information content (AvgIpc) is 2.53. The molecule has 5 rings (SSSR count). The molecule has 0 saturated heterocycles. The van der Waals surface area contributed by atoms with Gasteiger partial charge < -0.3 is 15.2 Å². The second kappa shape index (κ2) is 5.82. The van der Waals surface area contributed by atoms with E-state index in [0.29, 0.717) is 12.4 Å². The first-order valence-corrected chi connectivity index (χ1v) is 8.82. The number of anilines is 1. The third-order valence-corrected chi connectivity index (χ3v) is 5.99. The third-order valence-electron chi connectivity index (χ3n) is 5.99. The number of hydrogen-bond acceptors (Lipinski definition) is 3. The largest absolute Gasteiger partial charge is 0.491 e. The second-order valence-corrected chi connectivity index (χ2v) is 7.75. The van der Waals surface area contributed by atoms with Crippen molar-refractivity contribution >= 4 is 11.6 Å². The van der Waals surface area contributed by atoms with Crippen LogP contribution in [-0.4, -0.2) is 24.2 Å². The summed E-state index contributed by atoms with van der Waals surface area (Å²) in [6.45, 7) is 0.295. The lowest BCUT2D eigenvalue weighted by molar-refractivity contribution is -0.140. The van der Waals surface area contributed by atoms with E-state index in [2.05, 4.69) is 5.32 Å². The Bertz CT molecular complexity index is 545. The van der Waals surface area contributed by atoms with Gasteiger partial charge in [0.25, 0.3) is 0 Å². The van der Waals surface area contributed by atoms with Gasteiger partial charge in [0.15, 0.2) is 0 Å². The summed E-state index contributed by atoms with van der Waals surface area (Å²) in [4.78, 5) is 12.9. The van der Waals surface area contributed by atoms with Gasteiger partial charge in [-0.1, -0.05) is 0 Å². The van der Waals surface area contributed by atoms with Crippen LogP contribution in [0.5, 0.6) is 5.75 Å². The summed E-state index contributed by atoms with van der Waals surface area (Å²) < 4.78 is 5.35. The SMILES string of the molecule is O=C(Nc1ccc(OCCO)cc1)C12CC3CC(CC(C3)C1)C2. The maximum atomic E-state index is 12.9. The molecule has 4 fully saturated rings. The molecule has 4 nitrogen and oxygen atoms in total. The van der Waals surface area contributed by atoms with Crippen LogP contribution >= 0.6 is 0 Å². The van der Waals surface area contributed by atoms with Crippen molar-refractivity contribution in [3.63, 3.8) is 0 Å². The fourth-order valence-electron chi connectivity index (χ4n) is 5.45. The molecule has 0 aliphatic heterocycles. The van der Waals surface area contributed by atoms with Gasteiger partial charge in [0.1, 0.15) is 12.4 Å². The number of carbonyl (C=O) groups excluding carboxylic acids is 1. The van der Waals surface area contributed by atoms with Crippen LogP contribution in [0.25, 0.3) is 0 Å². The Morgan fingerprint density at radius 1 is 1.09 bits per heavy atom. The molecule has 4 heteroatoms. The first kappa shape index (κ1) is 15.0. The molecule has 0 unspecified atom stereocenters. The first-order valence-electron chi connectivity index (χ1n) is 8.82. The zero-order valence-corrected chi connectivity index (χ0v) is 13.5. The lowest BCUT2D eigenvalue weighted by atomic mass is 9.49. The van der Waals surface area contributed by atoms with Crippen LogP contribution in [0.15, 0.2) is 24.3 Å². The molecule has 1 amide bonds. The number of aliphatic hydroxyl groups is 1. The molecule has 0 radical (unpaired) electrons. The predicted molar refractivity (Wildman–Crippen MR) is 88.3 cm³/mol. The Kier molecular flexibility index (Phi) is 3.80. The van der Waals surface area contributed by atoms with Gasteiger partial charge in [0, 0.05) is 5.69 Å². The summed E-state index contributed by atoms with van der Waals surface area (Å²) in [6, 6.07) is 7.44. The number of amides is 1. The fraction of sp³-hybridized carbons (Fsp3) is 0.632. The molecule has 0 atom stereocenters. The van der Waals surface area contributed by atoms with E-state index < -0.39 is 0 Å². The minimum absolute atomic E-state index is 0.00447. The van der Waals surface area contributed by atoms with Crippen molar-refractivity contribution < 1.29 is 14.6 Å².